The molecule has 1 aliphatic heterocycles. The quantitative estimate of drug-likeness (QED) is 0.810. The third kappa shape index (κ3) is 3.89. The molecule has 5 nitrogen and oxygen atoms in total. The molecule has 7 heteroatoms. The number of piperazine rings is 1. The van der Waals surface area contributed by atoms with Gasteiger partial charge in [0.25, 0.3) is 5.91 Å². The second kappa shape index (κ2) is 7.40. The van der Waals surface area contributed by atoms with Crippen LogP contribution in [-0.2, 0) is 10.0 Å². The van der Waals surface area contributed by atoms with Gasteiger partial charge in [-0.3, -0.25) is 4.79 Å². The zero-order chi connectivity index (χ0) is 19.8. The van der Waals surface area contributed by atoms with Gasteiger partial charge in [0.15, 0.2) is 0 Å². The smallest absolute Gasteiger partial charge is 0.253 e. The van der Waals surface area contributed by atoms with Crippen LogP contribution in [0.3, 0.4) is 0 Å². The van der Waals surface area contributed by atoms with Crippen molar-refractivity contribution in [1.29, 1.82) is 0 Å². The summed E-state index contributed by atoms with van der Waals surface area (Å²) in [6.07, 6.45) is 0. The van der Waals surface area contributed by atoms with Crippen molar-refractivity contribution in [3.63, 3.8) is 0 Å². The molecule has 0 saturated carbocycles. The fourth-order valence-corrected chi connectivity index (χ4v) is 5.44. The first-order valence-corrected chi connectivity index (χ1v) is 10.3. The van der Waals surface area contributed by atoms with E-state index in [0.717, 1.165) is 16.7 Å². The van der Waals surface area contributed by atoms with Crippen molar-refractivity contribution in [1.82, 2.24) is 9.21 Å². The summed E-state index contributed by atoms with van der Waals surface area (Å²) in [5, 5.41) is 0. The van der Waals surface area contributed by atoms with Crippen LogP contribution in [0.25, 0.3) is 0 Å². The lowest BCUT2D eigenvalue weighted by atomic mass is 10.1. The van der Waals surface area contributed by atoms with Crippen LogP contribution < -0.4 is 0 Å². The Bertz CT molecular complexity index is 940. The Morgan fingerprint density at radius 1 is 0.926 bits per heavy atom. The predicted molar refractivity (Wildman–Crippen MR) is 102 cm³/mol. The molecule has 0 aromatic heterocycles. The van der Waals surface area contributed by atoms with E-state index < -0.39 is 15.8 Å². The number of sulfonamides is 1. The van der Waals surface area contributed by atoms with E-state index in [1.54, 1.807) is 18.7 Å². The topological polar surface area (TPSA) is 57.7 Å². The Morgan fingerprint density at radius 3 is 1.96 bits per heavy atom. The van der Waals surface area contributed by atoms with Gasteiger partial charge in [0.05, 0.1) is 4.90 Å². The summed E-state index contributed by atoms with van der Waals surface area (Å²) < 4.78 is 40.7. The van der Waals surface area contributed by atoms with Crippen molar-refractivity contribution in [3.8, 4) is 0 Å². The molecule has 1 fully saturated rings. The number of hydrogen-bond acceptors (Lipinski definition) is 3. The summed E-state index contributed by atoms with van der Waals surface area (Å²) in [4.78, 5) is 14.5. The third-order valence-electron chi connectivity index (χ3n) is 4.82. The lowest BCUT2D eigenvalue weighted by molar-refractivity contribution is 0.0698. The zero-order valence-corrected chi connectivity index (χ0v) is 16.5. The van der Waals surface area contributed by atoms with Crippen molar-refractivity contribution >= 4 is 15.9 Å². The molecular weight excluding hydrogens is 367 g/mol. The minimum Gasteiger partial charge on any atom is -0.336 e. The molecule has 2 aromatic carbocycles. The van der Waals surface area contributed by atoms with Gasteiger partial charge < -0.3 is 4.90 Å². The van der Waals surface area contributed by atoms with Gasteiger partial charge in [-0.15, -0.1) is 0 Å². The molecule has 144 valence electrons. The van der Waals surface area contributed by atoms with Crippen LogP contribution in [0.5, 0.6) is 0 Å². The van der Waals surface area contributed by atoms with Crippen LogP contribution in [-0.4, -0.2) is 49.7 Å². The van der Waals surface area contributed by atoms with Gasteiger partial charge in [0.1, 0.15) is 5.82 Å². The van der Waals surface area contributed by atoms with E-state index in [0.29, 0.717) is 23.5 Å². The van der Waals surface area contributed by atoms with Gasteiger partial charge in [-0.1, -0.05) is 17.7 Å². The van der Waals surface area contributed by atoms with E-state index in [4.69, 9.17) is 0 Å². The van der Waals surface area contributed by atoms with Crippen molar-refractivity contribution in [2.45, 2.75) is 25.7 Å². The number of rotatable bonds is 3. The maximum Gasteiger partial charge on any atom is 0.253 e. The highest BCUT2D eigenvalue weighted by atomic mass is 32.2. The minimum atomic E-state index is -3.61. The zero-order valence-electron chi connectivity index (χ0n) is 15.7. The molecule has 0 bridgehead atoms. The normalized spacial score (nSPS) is 15.8. The molecule has 1 heterocycles. The van der Waals surface area contributed by atoms with Gasteiger partial charge in [-0.05, 0) is 56.2 Å². The average Bonchev–Trinajstić information content (AvgIpc) is 2.61. The Morgan fingerprint density at radius 2 is 1.44 bits per heavy atom. The molecule has 0 aliphatic carbocycles. The van der Waals surface area contributed by atoms with Crippen molar-refractivity contribution < 1.29 is 17.6 Å². The first-order valence-electron chi connectivity index (χ1n) is 8.83. The fourth-order valence-electron chi connectivity index (χ4n) is 3.61. The Hall–Kier alpha value is -2.25. The summed E-state index contributed by atoms with van der Waals surface area (Å²) in [5.41, 5.74) is 2.89. The summed E-state index contributed by atoms with van der Waals surface area (Å²) in [5.74, 6) is -0.610. The number of benzene rings is 2. The Kier molecular flexibility index (Phi) is 5.35. The standard InChI is InChI=1S/C20H23FN2O3S/c1-14-12-15(2)19(16(3)13-14)27(25,26)23-10-8-22(9-11-23)20(24)17-4-6-18(21)7-5-17/h4-7,12-13H,8-11H2,1-3H3. The molecular formula is C20H23FN2O3S. The first-order chi connectivity index (χ1) is 12.7. The van der Waals surface area contributed by atoms with E-state index in [1.807, 2.05) is 19.1 Å². The average molecular weight is 390 g/mol. The van der Waals surface area contributed by atoms with Gasteiger partial charge >= 0.3 is 0 Å². The largest absolute Gasteiger partial charge is 0.336 e. The van der Waals surface area contributed by atoms with E-state index in [1.165, 1.54) is 28.6 Å². The number of nitrogens with zero attached hydrogens (tertiary/aromatic N) is 2. The van der Waals surface area contributed by atoms with Crippen molar-refractivity contribution in [2.75, 3.05) is 26.2 Å². The maximum atomic E-state index is 13.1. The van der Waals surface area contributed by atoms with E-state index in [2.05, 4.69) is 0 Å². The van der Waals surface area contributed by atoms with Crippen LogP contribution in [0.15, 0.2) is 41.3 Å². The highest BCUT2D eigenvalue weighted by molar-refractivity contribution is 7.89. The van der Waals surface area contributed by atoms with Crippen molar-refractivity contribution in [2.24, 2.45) is 0 Å². The molecule has 1 saturated heterocycles. The molecule has 3 rings (SSSR count). The number of aryl methyl sites for hydroxylation is 3. The monoisotopic (exact) mass is 390 g/mol. The first kappa shape index (κ1) is 19.5. The lowest BCUT2D eigenvalue weighted by Gasteiger charge is -2.34. The number of hydrogen-bond donors (Lipinski definition) is 0. The van der Waals surface area contributed by atoms with Crippen LogP contribution in [0, 0.1) is 26.6 Å². The van der Waals surface area contributed by atoms with E-state index in [9.17, 15) is 17.6 Å². The van der Waals surface area contributed by atoms with E-state index in [-0.39, 0.29) is 19.0 Å². The minimum absolute atomic E-state index is 0.213. The summed E-state index contributed by atoms with van der Waals surface area (Å²) in [6.45, 7) is 6.64. The molecule has 0 atom stereocenters. The molecule has 27 heavy (non-hydrogen) atoms. The van der Waals surface area contributed by atoms with Crippen molar-refractivity contribution in [3.05, 3.63) is 64.5 Å². The molecule has 1 aliphatic rings. The fraction of sp³-hybridized carbons (Fsp3) is 0.350. The molecule has 0 unspecified atom stereocenters. The predicted octanol–water partition coefficient (Wildman–Crippen LogP) is 2.90. The highest BCUT2D eigenvalue weighted by Crippen LogP contribution is 2.26. The number of amides is 1. The van der Waals surface area contributed by atoms with Gasteiger partial charge in [-0.25, -0.2) is 12.8 Å². The second-order valence-corrected chi connectivity index (χ2v) is 8.81. The molecule has 2 aromatic rings. The summed E-state index contributed by atoms with van der Waals surface area (Å²) in [7, 11) is -3.61. The van der Waals surface area contributed by atoms with Crippen LogP contribution in [0.2, 0.25) is 0 Å². The molecule has 1 amide bonds. The van der Waals surface area contributed by atoms with Crippen LogP contribution in [0.4, 0.5) is 4.39 Å². The summed E-state index contributed by atoms with van der Waals surface area (Å²) in [6, 6.07) is 9.12. The molecule has 0 N–H and O–H groups in total. The lowest BCUT2D eigenvalue weighted by Crippen LogP contribution is -2.50. The number of carbonyl (C=O) groups excluding carboxylic acids is 1. The third-order valence-corrected chi connectivity index (χ3v) is 7.02. The number of halogens is 1. The Labute approximate surface area is 159 Å². The second-order valence-electron chi connectivity index (χ2n) is 6.93. The van der Waals surface area contributed by atoms with Crippen LogP contribution >= 0.6 is 0 Å². The van der Waals surface area contributed by atoms with E-state index >= 15 is 0 Å². The number of carbonyl (C=O) groups is 1. The van der Waals surface area contributed by atoms with Gasteiger partial charge in [0, 0.05) is 31.7 Å². The van der Waals surface area contributed by atoms with Gasteiger partial charge in [0.2, 0.25) is 10.0 Å². The SMILES string of the molecule is Cc1cc(C)c(S(=O)(=O)N2CCN(C(=O)c3ccc(F)cc3)CC2)c(C)c1. The highest BCUT2D eigenvalue weighted by Gasteiger charge is 2.32. The molecule has 0 spiro atoms. The Balaban J connectivity index is 1.75. The van der Waals surface area contributed by atoms with Gasteiger partial charge in [-0.2, -0.15) is 4.31 Å². The maximum absolute atomic E-state index is 13.1. The summed E-state index contributed by atoms with van der Waals surface area (Å²) >= 11 is 0. The van der Waals surface area contributed by atoms with Crippen LogP contribution in [0.1, 0.15) is 27.0 Å². The molecule has 0 radical (unpaired) electrons.